The normalized spacial score (nSPS) is 12.1. The zero-order valence-electron chi connectivity index (χ0n) is 16.6. The SMILES string of the molecule is COCCn1c([C@@H](C)NC(=O)CCc2ccc(OC)cc2)nc2ccccc21. The maximum Gasteiger partial charge on any atom is 0.220 e. The van der Waals surface area contributed by atoms with Gasteiger partial charge < -0.3 is 19.4 Å². The van der Waals surface area contributed by atoms with Crippen LogP contribution in [0.15, 0.2) is 48.5 Å². The zero-order chi connectivity index (χ0) is 19.9. The molecule has 2 aromatic carbocycles. The molecule has 0 aliphatic heterocycles. The van der Waals surface area contributed by atoms with Crippen LogP contribution in [-0.4, -0.2) is 36.3 Å². The molecule has 1 heterocycles. The summed E-state index contributed by atoms with van der Waals surface area (Å²) in [5.41, 5.74) is 3.08. The van der Waals surface area contributed by atoms with Crippen molar-refractivity contribution < 1.29 is 14.3 Å². The van der Waals surface area contributed by atoms with Gasteiger partial charge in [0.2, 0.25) is 5.91 Å². The number of benzene rings is 2. The van der Waals surface area contributed by atoms with Crippen LogP contribution in [0.4, 0.5) is 0 Å². The van der Waals surface area contributed by atoms with Gasteiger partial charge in [0.1, 0.15) is 11.6 Å². The maximum absolute atomic E-state index is 12.5. The molecule has 3 aromatic rings. The first-order chi connectivity index (χ1) is 13.6. The van der Waals surface area contributed by atoms with Gasteiger partial charge in [-0.15, -0.1) is 0 Å². The second kappa shape index (κ2) is 9.37. The highest BCUT2D eigenvalue weighted by Crippen LogP contribution is 2.21. The Labute approximate surface area is 165 Å². The number of carbonyl (C=O) groups excluding carboxylic acids is 1. The van der Waals surface area contributed by atoms with Crippen molar-refractivity contribution >= 4 is 16.9 Å². The lowest BCUT2D eigenvalue weighted by atomic mass is 10.1. The summed E-state index contributed by atoms with van der Waals surface area (Å²) in [7, 11) is 3.33. The number of fused-ring (bicyclic) bond motifs is 1. The minimum Gasteiger partial charge on any atom is -0.497 e. The highest BCUT2D eigenvalue weighted by molar-refractivity contribution is 5.78. The molecule has 1 aromatic heterocycles. The molecule has 0 unspecified atom stereocenters. The zero-order valence-corrected chi connectivity index (χ0v) is 16.6. The Morgan fingerprint density at radius 3 is 2.61 bits per heavy atom. The van der Waals surface area contributed by atoms with Crippen molar-refractivity contribution in [2.75, 3.05) is 20.8 Å². The van der Waals surface area contributed by atoms with Crippen LogP contribution in [0.5, 0.6) is 5.75 Å². The van der Waals surface area contributed by atoms with Crippen LogP contribution in [0.2, 0.25) is 0 Å². The van der Waals surface area contributed by atoms with Gasteiger partial charge >= 0.3 is 0 Å². The monoisotopic (exact) mass is 381 g/mol. The fourth-order valence-electron chi connectivity index (χ4n) is 3.27. The number of hydrogen-bond donors (Lipinski definition) is 1. The van der Waals surface area contributed by atoms with Crippen molar-refractivity contribution in [3.05, 3.63) is 59.9 Å². The van der Waals surface area contributed by atoms with Crippen LogP contribution in [-0.2, 0) is 22.5 Å². The number of ether oxygens (including phenoxy) is 2. The fourth-order valence-corrected chi connectivity index (χ4v) is 3.27. The summed E-state index contributed by atoms with van der Waals surface area (Å²) >= 11 is 0. The topological polar surface area (TPSA) is 65.4 Å². The number of nitrogens with one attached hydrogen (secondary N) is 1. The second-order valence-electron chi connectivity index (χ2n) is 6.74. The van der Waals surface area contributed by atoms with E-state index in [1.54, 1.807) is 14.2 Å². The van der Waals surface area contributed by atoms with E-state index >= 15 is 0 Å². The molecular formula is C22H27N3O3. The molecular weight excluding hydrogens is 354 g/mol. The number of rotatable bonds is 9. The molecule has 0 saturated carbocycles. The number of aromatic nitrogens is 2. The molecule has 3 rings (SSSR count). The number of methoxy groups -OCH3 is 2. The minimum atomic E-state index is -0.187. The average molecular weight is 381 g/mol. The van der Waals surface area contributed by atoms with Gasteiger partial charge in [-0.3, -0.25) is 4.79 Å². The minimum absolute atomic E-state index is 0.00802. The van der Waals surface area contributed by atoms with E-state index in [0.29, 0.717) is 26.0 Å². The van der Waals surface area contributed by atoms with Gasteiger partial charge in [-0.25, -0.2) is 4.98 Å². The Hall–Kier alpha value is -2.86. The lowest BCUT2D eigenvalue weighted by Crippen LogP contribution is -2.29. The van der Waals surface area contributed by atoms with Crippen LogP contribution in [0.3, 0.4) is 0 Å². The molecule has 28 heavy (non-hydrogen) atoms. The van der Waals surface area contributed by atoms with E-state index in [9.17, 15) is 4.79 Å². The van der Waals surface area contributed by atoms with E-state index in [1.165, 1.54) is 0 Å². The van der Waals surface area contributed by atoms with Gasteiger partial charge in [0, 0.05) is 20.1 Å². The number of amides is 1. The quantitative estimate of drug-likeness (QED) is 0.616. The van der Waals surface area contributed by atoms with Crippen molar-refractivity contribution in [2.24, 2.45) is 0 Å². The summed E-state index contributed by atoms with van der Waals surface area (Å²) in [5, 5.41) is 3.08. The number of imidazole rings is 1. The summed E-state index contributed by atoms with van der Waals surface area (Å²) in [6, 6.07) is 15.6. The first kappa shape index (κ1) is 19.9. The number of para-hydroxylation sites is 2. The van der Waals surface area contributed by atoms with Gasteiger partial charge in [0.05, 0.1) is 30.8 Å². The number of hydrogen-bond acceptors (Lipinski definition) is 4. The van der Waals surface area contributed by atoms with Gasteiger partial charge in [0.25, 0.3) is 0 Å². The van der Waals surface area contributed by atoms with Crippen molar-refractivity contribution in [2.45, 2.75) is 32.4 Å². The summed E-state index contributed by atoms with van der Waals surface area (Å²) in [4.78, 5) is 17.2. The van der Waals surface area contributed by atoms with Crippen molar-refractivity contribution in [1.29, 1.82) is 0 Å². The molecule has 0 aliphatic carbocycles. The van der Waals surface area contributed by atoms with Gasteiger partial charge in [0.15, 0.2) is 0 Å². The lowest BCUT2D eigenvalue weighted by Gasteiger charge is -2.16. The molecule has 1 N–H and O–H groups in total. The van der Waals surface area contributed by atoms with Gasteiger partial charge in [-0.05, 0) is 43.2 Å². The molecule has 1 atom stereocenters. The Morgan fingerprint density at radius 2 is 1.89 bits per heavy atom. The number of aryl methyl sites for hydroxylation is 1. The molecule has 0 radical (unpaired) electrons. The second-order valence-corrected chi connectivity index (χ2v) is 6.74. The number of carbonyl (C=O) groups is 1. The predicted octanol–water partition coefficient (Wildman–Crippen LogP) is 3.50. The van der Waals surface area contributed by atoms with E-state index in [-0.39, 0.29) is 11.9 Å². The van der Waals surface area contributed by atoms with E-state index in [0.717, 1.165) is 28.2 Å². The average Bonchev–Trinajstić information content (AvgIpc) is 3.10. The van der Waals surface area contributed by atoms with Crippen molar-refractivity contribution in [3.63, 3.8) is 0 Å². The van der Waals surface area contributed by atoms with E-state index in [2.05, 4.69) is 9.88 Å². The highest BCUT2D eigenvalue weighted by atomic mass is 16.5. The van der Waals surface area contributed by atoms with Crippen molar-refractivity contribution in [3.8, 4) is 5.75 Å². The molecule has 0 aliphatic rings. The molecule has 6 heteroatoms. The first-order valence-electron chi connectivity index (χ1n) is 9.48. The Balaban J connectivity index is 1.66. The predicted molar refractivity (Wildman–Crippen MR) is 109 cm³/mol. The summed E-state index contributed by atoms with van der Waals surface area (Å²) in [6.07, 6.45) is 1.11. The van der Waals surface area contributed by atoms with E-state index < -0.39 is 0 Å². The molecule has 148 valence electrons. The van der Waals surface area contributed by atoms with E-state index in [1.807, 2.05) is 55.5 Å². The highest BCUT2D eigenvalue weighted by Gasteiger charge is 2.18. The Kier molecular flexibility index (Phi) is 6.66. The third-order valence-corrected chi connectivity index (χ3v) is 4.77. The summed E-state index contributed by atoms with van der Waals surface area (Å²) in [6.45, 7) is 3.25. The van der Waals surface area contributed by atoms with Crippen LogP contribution in [0, 0.1) is 0 Å². The molecule has 6 nitrogen and oxygen atoms in total. The Morgan fingerprint density at radius 1 is 1.14 bits per heavy atom. The smallest absolute Gasteiger partial charge is 0.220 e. The molecule has 0 saturated heterocycles. The molecule has 0 fully saturated rings. The van der Waals surface area contributed by atoms with Crippen molar-refractivity contribution in [1.82, 2.24) is 14.9 Å². The van der Waals surface area contributed by atoms with Crippen LogP contribution >= 0.6 is 0 Å². The number of nitrogens with zero attached hydrogens (tertiary/aromatic N) is 2. The standard InChI is InChI=1S/C22H27N3O3/c1-16(23-21(26)13-10-17-8-11-18(28-3)12-9-17)22-24-19-6-4-5-7-20(19)25(22)14-15-27-2/h4-9,11-12,16H,10,13-15H2,1-3H3,(H,23,26)/t16-/m1/s1. The van der Waals surface area contributed by atoms with Gasteiger partial charge in [-0.1, -0.05) is 24.3 Å². The molecule has 0 spiro atoms. The van der Waals surface area contributed by atoms with Crippen LogP contribution in [0.1, 0.15) is 30.8 Å². The van der Waals surface area contributed by atoms with Crippen LogP contribution < -0.4 is 10.1 Å². The first-order valence-corrected chi connectivity index (χ1v) is 9.48. The van der Waals surface area contributed by atoms with E-state index in [4.69, 9.17) is 14.5 Å². The fraction of sp³-hybridized carbons (Fsp3) is 0.364. The third kappa shape index (κ3) is 4.70. The Bertz CT molecular complexity index is 918. The lowest BCUT2D eigenvalue weighted by molar-refractivity contribution is -0.121. The third-order valence-electron chi connectivity index (χ3n) is 4.77. The summed E-state index contributed by atoms with van der Waals surface area (Å²) < 4.78 is 12.5. The molecule has 0 bridgehead atoms. The van der Waals surface area contributed by atoms with Gasteiger partial charge in [-0.2, -0.15) is 0 Å². The molecule has 1 amide bonds. The maximum atomic E-state index is 12.5. The largest absolute Gasteiger partial charge is 0.497 e. The van der Waals surface area contributed by atoms with Crippen LogP contribution in [0.25, 0.3) is 11.0 Å². The summed E-state index contributed by atoms with van der Waals surface area (Å²) in [5.74, 6) is 1.67.